The van der Waals surface area contributed by atoms with Crippen LogP contribution in [0.15, 0.2) is 182 Å². The summed E-state index contributed by atoms with van der Waals surface area (Å²) in [4.78, 5) is 0. The van der Waals surface area contributed by atoms with Crippen LogP contribution >= 0.6 is 11.3 Å². The number of rotatable bonds is 4. The molecule has 0 aliphatic carbocycles. The first-order valence-corrected chi connectivity index (χ1v) is 18.3. The van der Waals surface area contributed by atoms with Crippen LogP contribution in [0.25, 0.3) is 97.4 Å². The third kappa shape index (κ3) is 4.29. The zero-order valence-electron chi connectivity index (χ0n) is 27.6. The smallest absolute Gasteiger partial charge is 0.0541 e. The van der Waals surface area contributed by atoms with Crippen molar-refractivity contribution >= 4 is 75.1 Å². The van der Waals surface area contributed by atoms with Crippen LogP contribution in [0.3, 0.4) is 0 Å². The Morgan fingerprint density at radius 2 is 0.745 bits per heavy atom. The van der Waals surface area contributed by atoms with Crippen LogP contribution in [0.2, 0.25) is 0 Å². The average molecular weight is 667 g/mol. The van der Waals surface area contributed by atoms with Gasteiger partial charge in [0.05, 0.1) is 22.1 Å². The van der Waals surface area contributed by atoms with Gasteiger partial charge in [-0.15, -0.1) is 11.3 Å². The molecule has 238 valence electrons. The fourth-order valence-corrected chi connectivity index (χ4v) is 9.41. The van der Waals surface area contributed by atoms with E-state index in [1.54, 1.807) is 0 Å². The molecule has 0 radical (unpaired) electrons. The van der Waals surface area contributed by atoms with E-state index in [0.717, 1.165) is 11.4 Å². The molecule has 0 N–H and O–H groups in total. The number of hydrogen-bond donors (Lipinski definition) is 0. The molecule has 3 heterocycles. The maximum atomic E-state index is 2.43. The van der Waals surface area contributed by atoms with Crippen LogP contribution < -0.4 is 0 Å². The van der Waals surface area contributed by atoms with Crippen molar-refractivity contribution in [2.75, 3.05) is 0 Å². The molecule has 11 rings (SSSR count). The molecule has 2 nitrogen and oxygen atoms in total. The first kappa shape index (κ1) is 28.4. The minimum Gasteiger partial charge on any atom is -0.309 e. The lowest BCUT2D eigenvalue weighted by molar-refractivity contribution is 1.13. The molecule has 0 unspecified atom stereocenters. The third-order valence-electron chi connectivity index (χ3n) is 10.5. The average Bonchev–Trinajstić information content (AvgIpc) is 3.86. The summed E-state index contributed by atoms with van der Waals surface area (Å²) >= 11 is 1.87. The molecule has 11 aromatic rings. The van der Waals surface area contributed by atoms with Crippen LogP contribution in [-0.2, 0) is 0 Å². The highest BCUT2D eigenvalue weighted by molar-refractivity contribution is 7.25. The van der Waals surface area contributed by atoms with Gasteiger partial charge < -0.3 is 9.13 Å². The monoisotopic (exact) mass is 666 g/mol. The largest absolute Gasteiger partial charge is 0.309 e. The predicted octanol–water partition coefficient (Wildman–Crippen LogP) is 13.6. The summed E-state index contributed by atoms with van der Waals surface area (Å²) in [5, 5.41) is 7.71. The number of aromatic nitrogens is 2. The van der Waals surface area contributed by atoms with Crippen molar-refractivity contribution in [3.63, 3.8) is 0 Å². The Kier molecular flexibility index (Phi) is 6.16. The lowest BCUT2D eigenvalue weighted by atomic mass is 9.96. The molecule has 51 heavy (non-hydrogen) atoms. The Morgan fingerprint density at radius 1 is 0.314 bits per heavy atom. The molecule has 0 spiro atoms. The van der Waals surface area contributed by atoms with E-state index < -0.39 is 0 Å². The fraction of sp³-hybridized carbons (Fsp3) is 0. The summed E-state index contributed by atoms with van der Waals surface area (Å²) in [6, 6.07) is 66.8. The molecule has 0 saturated heterocycles. The van der Waals surface area contributed by atoms with Gasteiger partial charge in [0.25, 0.3) is 0 Å². The van der Waals surface area contributed by atoms with Crippen molar-refractivity contribution in [3.05, 3.63) is 182 Å². The molecule has 0 fully saturated rings. The van der Waals surface area contributed by atoms with Crippen molar-refractivity contribution < 1.29 is 0 Å². The van der Waals surface area contributed by atoms with E-state index in [-0.39, 0.29) is 0 Å². The lowest BCUT2D eigenvalue weighted by Crippen LogP contribution is -2.00. The highest BCUT2D eigenvalue weighted by Crippen LogP contribution is 2.41. The number of para-hydroxylation sites is 4. The summed E-state index contributed by atoms with van der Waals surface area (Å²) in [6.45, 7) is 0. The minimum atomic E-state index is 1.14. The van der Waals surface area contributed by atoms with Gasteiger partial charge in [0.1, 0.15) is 0 Å². The van der Waals surface area contributed by atoms with E-state index >= 15 is 0 Å². The Bertz CT molecular complexity index is 2900. The molecule has 3 aromatic heterocycles. The number of fused-ring (bicyclic) bond motifs is 9. The lowest BCUT2D eigenvalue weighted by Gasteiger charge is -2.16. The van der Waals surface area contributed by atoms with Crippen molar-refractivity contribution in [1.82, 2.24) is 9.13 Å². The van der Waals surface area contributed by atoms with Crippen LogP contribution in [0, 0.1) is 0 Å². The number of benzene rings is 8. The standard InChI is InChI=1S/C48H30N2S/c1-6-18-42-37(12-1)38-13-2-7-19-43(38)49(42)34-28-33(29-35(30-34)50-44-20-8-3-14-39(44)40-15-4-9-21-45(40)50)31-24-26-32(27-25-31)36-17-11-23-47-48(36)41-16-5-10-22-46(41)51-47/h1-30H. The van der Waals surface area contributed by atoms with Crippen molar-refractivity contribution in [2.24, 2.45) is 0 Å². The maximum Gasteiger partial charge on any atom is 0.0541 e. The fourth-order valence-electron chi connectivity index (χ4n) is 8.28. The zero-order chi connectivity index (χ0) is 33.5. The molecular weight excluding hydrogens is 637 g/mol. The Balaban J connectivity index is 1.16. The van der Waals surface area contributed by atoms with Crippen LogP contribution in [0.4, 0.5) is 0 Å². The SMILES string of the molecule is c1ccc2c(c1)sc1cccc(-c3ccc(-c4cc(-n5c6ccccc6c6ccccc65)cc(-n5c6ccccc6c6ccccc65)c4)cc3)c12. The second kappa shape index (κ2) is 11.0. The van der Waals surface area contributed by atoms with E-state index in [1.807, 2.05) is 11.3 Å². The predicted molar refractivity (Wildman–Crippen MR) is 219 cm³/mol. The second-order valence-corrected chi connectivity index (χ2v) is 14.4. The van der Waals surface area contributed by atoms with Crippen molar-refractivity contribution in [2.45, 2.75) is 0 Å². The van der Waals surface area contributed by atoms with E-state index in [0.29, 0.717) is 0 Å². The van der Waals surface area contributed by atoms with Gasteiger partial charge in [-0.05, 0) is 76.9 Å². The first-order chi connectivity index (χ1) is 25.3. The first-order valence-electron chi connectivity index (χ1n) is 17.4. The third-order valence-corrected chi connectivity index (χ3v) is 11.6. The molecular formula is C48H30N2S. The quantitative estimate of drug-likeness (QED) is 0.177. The zero-order valence-corrected chi connectivity index (χ0v) is 28.4. The van der Waals surface area contributed by atoms with Gasteiger partial charge in [0.2, 0.25) is 0 Å². The topological polar surface area (TPSA) is 9.86 Å². The van der Waals surface area contributed by atoms with Crippen molar-refractivity contribution in [1.29, 1.82) is 0 Å². The molecule has 3 heteroatoms. The highest BCUT2D eigenvalue weighted by Gasteiger charge is 2.17. The number of nitrogens with zero attached hydrogens (tertiary/aromatic N) is 2. The normalized spacial score (nSPS) is 11.9. The van der Waals surface area contributed by atoms with E-state index in [2.05, 4.69) is 191 Å². The van der Waals surface area contributed by atoms with E-state index in [4.69, 9.17) is 0 Å². The molecule has 0 atom stereocenters. The Morgan fingerprint density at radius 3 is 1.27 bits per heavy atom. The molecule has 0 bridgehead atoms. The Labute approximate surface area is 298 Å². The summed E-state index contributed by atoms with van der Waals surface area (Å²) < 4.78 is 7.52. The van der Waals surface area contributed by atoms with E-state index in [1.165, 1.54) is 86.0 Å². The van der Waals surface area contributed by atoms with Crippen molar-refractivity contribution in [3.8, 4) is 33.6 Å². The number of thiophene rings is 1. The highest BCUT2D eigenvalue weighted by atomic mass is 32.1. The van der Waals surface area contributed by atoms with Gasteiger partial charge in [-0.3, -0.25) is 0 Å². The second-order valence-electron chi connectivity index (χ2n) is 13.3. The van der Waals surface area contributed by atoms with Gasteiger partial charge >= 0.3 is 0 Å². The van der Waals surface area contributed by atoms with Crippen LogP contribution in [-0.4, -0.2) is 9.13 Å². The minimum absolute atomic E-state index is 1.14. The Hall–Kier alpha value is -6.42. The molecule has 8 aromatic carbocycles. The number of hydrogen-bond acceptors (Lipinski definition) is 1. The summed E-state index contributed by atoms with van der Waals surface area (Å²) in [5.74, 6) is 0. The van der Waals surface area contributed by atoms with Gasteiger partial charge in [-0.25, -0.2) is 0 Å². The molecule has 0 saturated carbocycles. The van der Waals surface area contributed by atoms with Crippen LogP contribution in [0.1, 0.15) is 0 Å². The summed E-state index contributed by atoms with van der Waals surface area (Å²) in [7, 11) is 0. The summed E-state index contributed by atoms with van der Waals surface area (Å²) in [5.41, 5.74) is 12.0. The van der Waals surface area contributed by atoms with Gasteiger partial charge in [-0.1, -0.05) is 127 Å². The molecule has 0 aliphatic rings. The van der Waals surface area contributed by atoms with E-state index in [9.17, 15) is 0 Å². The van der Waals surface area contributed by atoms with Gasteiger partial charge in [0.15, 0.2) is 0 Å². The van der Waals surface area contributed by atoms with Gasteiger partial charge in [0, 0.05) is 53.1 Å². The maximum absolute atomic E-state index is 2.43. The molecule has 0 amide bonds. The summed E-state index contributed by atoms with van der Waals surface area (Å²) in [6.07, 6.45) is 0. The molecule has 0 aliphatic heterocycles. The van der Waals surface area contributed by atoms with Crippen LogP contribution in [0.5, 0.6) is 0 Å². The van der Waals surface area contributed by atoms with Gasteiger partial charge in [-0.2, -0.15) is 0 Å².